The predicted octanol–water partition coefficient (Wildman–Crippen LogP) is 1.13. The minimum absolute atomic E-state index is 0.0851. The van der Waals surface area contributed by atoms with Crippen molar-refractivity contribution in [3.8, 4) is 0 Å². The van der Waals surface area contributed by atoms with E-state index in [1.54, 1.807) is 6.92 Å². The Morgan fingerprint density at radius 1 is 1.35 bits per heavy atom. The second kappa shape index (κ2) is 6.82. The van der Waals surface area contributed by atoms with Gasteiger partial charge in [0.25, 0.3) is 5.91 Å². The van der Waals surface area contributed by atoms with E-state index >= 15 is 0 Å². The average Bonchev–Trinajstić information content (AvgIpc) is 2.86. The van der Waals surface area contributed by atoms with Crippen molar-refractivity contribution in [1.29, 1.82) is 0 Å². The fourth-order valence-corrected chi connectivity index (χ4v) is 2.35. The number of benzene rings is 1. The smallest absolute Gasteiger partial charge is 0.407 e. The summed E-state index contributed by atoms with van der Waals surface area (Å²) >= 11 is 0. The highest BCUT2D eigenvalue weighted by Crippen LogP contribution is 2.14. The first-order chi connectivity index (χ1) is 10.9. The van der Waals surface area contributed by atoms with Gasteiger partial charge < -0.3 is 16.6 Å². The summed E-state index contributed by atoms with van der Waals surface area (Å²) in [5.74, 6) is -0.697. The quantitative estimate of drug-likeness (QED) is 0.736. The Bertz CT molecular complexity index is 698. The van der Waals surface area contributed by atoms with E-state index in [0.717, 1.165) is 5.56 Å². The zero-order valence-electron chi connectivity index (χ0n) is 12.7. The summed E-state index contributed by atoms with van der Waals surface area (Å²) < 4.78 is 1.34. The molecule has 1 aromatic carbocycles. The van der Waals surface area contributed by atoms with Gasteiger partial charge in [0.05, 0.1) is 24.5 Å². The molecule has 23 heavy (non-hydrogen) atoms. The third-order valence-electron chi connectivity index (χ3n) is 3.51. The number of nitrogen functional groups attached to an aromatic ring is 1. The molecule has 0 spiro atoms. The van der Waals surface area contributed by atoms with E-state index in [1.165, 1.54) is 15.8 Å². The molecule has 0 bridgehead atoms. The molecule has 0 saturated carbocycles. The Balaban J connectivity index is 2.17. The van der Waals surface area contributed by atoms with Crippen LogP contribution in [0.25, 0.3) is 0 Å². The molecule has 2 amide bonds. The normalized spacial score (nSPS) is 11.9. The molecule has 1 heterocycles. The van der Waals surface area contributed by atoms with Crippen LogP contribution in [-0.4, -0.2) is 37.8 Å². The fraction of sp³-hybridized carbons (Fsp3) is 0.267. The first-order valence-electron chi connectivity index (χ1n) is 7.04. The zero-order chi connectivity index (χ0) is 17.0. The van der Waals surface area contributed by atoms with Crippen LogP contribution in [0.4, 0.5) is 10.5 Å². The van der Waals surface area contributed by atoms with Gasteiger partial charge >= 0.3 is 6.09 Å². The van der Waals surface area contributed by atoms with Crippen molar-refractivity contribution in [2.24, 2.45) is 5.73 Å². The van der Waals surface area contributed by atoms with Crippen LogP contribution in [-0.2, 0) is 13.1 Å². The van der Waals surface area contributed by atoms with Gasteiger partial charge in [0, 0.05) is 6.54 Å². The first kappa shape index (κ1) is 16.3. The summed E-state index contributed by atoms with van der Waals surface area (Å²) in [7, 11) is 0. The Morgan fingerprint density at radius 2 is 2.00 bits per heavy atom. The Morgan fingerprint density at radius 3 is 2.57 bits per heavy atom. The molecule has 1 aromatic heterocycles. The lowest BCUT2D eigenvalue weighted by atomic mass is 10.2. The summed E-state index contributed by atoms with van der Waals surface area (Å²) in [4.78, 5) is 24.2. The second-order valence-corrected chi connectivity index (χ2v) is 5.24. The van der Waals surface area contributed by atoms with Crippen molar-refractivity contribution in [2.75, 3.05) is 5.73 Å². The first-order valence-corrected chi connectivity index (χ1v) is 7.04. The van der Waals surface area contributed by atoms with Crippen molar-refractivity contribution in [2.45, 2.75) is 26.1 Å². The van der Waals surface area contributed by atoms with Crippen molar-refractivity contribution >= 4 is 17.7 Å². The summed E-state index contributed by atoms with van der Waals surface area (Å²) in [6, 6.07) is 8.83. The van der Waals surface area contributed by atoms with E-state index in [1.807, 2.05) is 30.3 Å². The molecular formula is C15H19N5O3. The van der Waals surface area contributed by atoms with Gasteiger partial charge in [-0.05, 0) is 12.5 Å². The lowest BCUT2D eigenvalue weighted by molar-refractivity contribution is 0.0985. The van der Waals surface area contributed by atoms with Gasteiger partial charge in [-0.1, -0.05) is 30.3 Å². The highest BCUT2D eigenvalue weighted by atomic mass is 16.4. The Labute approximate surface area is 133 Å². The van der Waals surface area contributed by atoms with Gasteiger partial charge in [0.1, 0.15) is 5.69 Å². The van der Waals surface area contributed by atoms with Crippen molar-refractivity contribution in [3.05, 3.63) is 47.8 Å². The van der Waals surface area contributed by atoms with Gasteiger partial charge in [-0.2, -0.15) is 5.10 Å². The van der Waals surface area contributed by atoms with Crippen LogP contribution < -0.4 is 11.5 Å². The van der Waals surface area contributed by atoms with Gasteiger partial charge in [-0.25, -0.2) is 4.79 Å². The number of hydrogen-bond acceptors (Lipinski definition) is 4. The minimum atomic E-state index is -1.05. The maximum absolute atomic E-state index is 11.5. The third kappa shape index (κ3) is 3.79. The number of carbonyl (C=O) groups is 2. The van der Waals surface area contributed by atoms with Crippen LogP contribution in [0.5, 0.6) is 0 Å². The molecule has 0 aliphatic rings. The fourth-order valence-electron chi connectivity index (χ4n) is 2.35. The van der Waals surface area contributed by atoms with E-state index in [-0.39, 0.29) is 24.5 Å². The molecule has 0 saturated heterocycles. The standard InChI is InChI=1S/C15H19N5O3/c1-10(8-20-13(14(17)21)12(16)7-18-20)19(15(22)23)9-11-5-3-2-4-6-11/h2-7,10H,8-9,16H2,1H3,(H2,17,21)(H,22,23)/t10-/m0/s1. The lowest BCUT2D eigenvalue weighted by Gasteiger charge is -2.27. The van der Waals surface area contributed by atoms with Gasteiger partial charge in [0.2, 0.25) is 0 Å². The SMILES string of the molecule is C[C@@H](Cn1ncc(N)c1C(N)=O)N(Cc1ccccc1)C(=O)O. The maximum Gasteiger partial charge on any atom is 0.407 e. The number of nitrogens with two attached hydrogens (primary N) is 2. The molecular weight excluding hydrogens is 298 g/mol. The van der Waals surface area contributed by atoms with E-state index in [2.05, 4.69) is 5.10 Å². The number of carbonyl (C=O) groups excluding carboxylic acids is 1. The second-order valence-electron chi connectivity index (χ2n) is 5.24. The molecule has 122 valence electrons. The van der Waals surface area contributed by atoms with Crippen LogP contribution in [0.15, 0.2) is 36.5 Å². The van der Waals surface area contributed by atoms with E-state index in [0.29, 0.717) is 0 Å². The molecule has 0 aliphatic carbocycles. The maximum atomic E-state index is 11.5. The average molecular weight is 317 g/mol. The molecule has 0 radical (unpaired) electrons. The molecule has 1 atom stereocenters. The summed E-state index contributed by atoms with van der Waals surface area (Å²) in [6.45, 7) is 2.15. The number of aromatic nitrogens is 2. The summed E-state index contributed by atoms with van der Waals surface area (Å²) in [5.41, 5.74) is 12.1. The van der Waals surface area contributed by atoms with Crippen molar-refractivity contribution in [1.82, 2.24) is 14.7 Å². The number of primary amides is 1. The number of hydrogen-bond donors (Lipinski definition) is 3. The van der Waals surface area contributed by atoms with E-state index < -0.39 is 18.0 Å². The molecule has 2 aromatic rings. The number of anilines is 1. The molecule has 8 nitrogen and oxygen atoms in total. The topological polar surface area (TPSA) is 127 Å². The number of rotatable bonds is 6. The monoisotopic (exact) mass is 317 g/mol. The van der Waals surface area contributed by atoms with Crippen LogP contribution in [0.3, 0.4) is 0 Å². The molecule has 2 rings (SSSR count). The molecule has 0 unspecified atom stereocenters. The largest absolute Gasteiger partial charge is 0.465 e. The number of nitrogens with zero attached hydrogens (tertiary/aromatic N) is 3. The zero-order valence-corrected chi connectivity index (χ0v) is 12.7. The summed E-state index contributed by atoms with van der Waals surface area (Å²) in [5, 5.41) is 13.4. The summed E-state index contributed by atoms with van der Waals surface area (Å²) in [6.07, 6.45) is 0.275. The molecule has 8 heteroatoms. The predicted molar refractivity (Wildman–Crippen MR) is 84.6 cm³/mol. The van der Waals surface area contributed by atoms with E-state index in [9.17, 15) is 14.7 Å². The van der Waals surface area contributed by atoms with Gasteiger partial charge in [-0.3, -0.25) is 14.4 Å². The lowest BCUT2D eigenvalue weighted by Crippen LogP contribution is -2.40. The Hall–Kier alpha value is -3.03. The minimum Gasteiger partial charge on any atom is -0.465 e. The van der Waals surface area contributed by atoms with Crippen LogP contribution in [0.2, 0.25) is 0 Å². The molecule has 5 N–H and O–H groups in total. The molecule has 0 fully saturated rings. The van der Waals surface area contributed by atoms with Crippen LogP contribution in [0, 0.1) is 0 Å². The van der Waals surface area contributed by atoms with Crippen molar-refractivity contribution < 1.29 is 14.7 Å². The van der Waals surface area contributed by atoms with Crippen molar-refractivity contribution in [3.63, 3.8) is 0 Å². The van der Waals surface area contributed by atoms with Gasteiger partial charge in [0.15, 0.2) is 0 Å². The highest BCUT2D eigenvalue weighted by molar-refractivity contribution is 5.96. The third-order valence-corrected chi connectivity index (χ3v) is 3.51. The molecule has 0 aliphatic heterocycles. The number of carboxylic acid groups (broad SMARTS) is 1. The van der Waals surface area contributed by atoms with Crippen LogP contribution >= 0.6 is 0 Å². The Kier molecular flexibility index (Phi) is 4.85. The van der Waals surface area contributed by atoms with E-state index in [4.69, 9.17) is 11.5 Å². The number of amides is 2. The van der Waals surface area contributed by atoms with Crippen LogP contribution in [0.1, 0.15) is 23.0 Å². The highest BCUT2D eigenvalue weighted by Gasteiger charge is 2.23. The van der Waals surface area contributed by atoms with Gasteiger partial charge in [-0.15, -0.1) is 0 Å².